The average Bonchev–Trinajstić information content (AvgIpc) is 2.13. The van der Waals surface area contributed by atoms with Crippen LogP contribution in [0.15, 0.2) is 0 Å². The van der Waals surface area contributed by atoms with Crippen LogP contribution < -0.4 is 5.32 Å². The van der Waals surface area contributed by atoms with Gasteiger partial charge in [-0.3, -0.25) is 0 Å². The van der Waals surface area contributed by atoms with Crippen LogP contribution >= 0.6 is 0 Å². The van der Waals surface area contributed by atoms with E-state index in [1.165, 1.54) is 0 Å². The van der Waals surface area contributed by atoms with E-state index in [1.54, 1.807) is 0 Å². The summed E-state index contributed by atoms with van der Waals surface area (Å²) in [5.41, 5.74) is 0.317. The number of aliphatic hydroxyl groups is 1. The maximum absolute atomic E-state index is 9.51. The van der Waals surface area contributed by atoms with Crippen molar-refractivity contribution in [2.24, 2.45) is 11.3 Å². The molecule has 0 heterocycles. The lowest BCUT2D eigenvalue weighted by Crippen LogP contribution is -2.36. The molecule has 92 valence electrons. The molecule has 3 nitrogen and oxygen atoms in total. The van der Waals surface area contributed by atoms with E-state index in [1.807, 2.05) is 6.92 Å². The number of aliphatic hydroxyl groups excluding tert-OH is 1. The summed E-state index contributed by atoms with van der Waals surface area (Å²) in [5.74, 6) is 0.594. The summed E-state index contributed by atoms with van der Waals surface area (Å²) in [6.45, 7) is 13.5. The predicted octanol–water partition coefficient (Wildman–Crippen LogP) is 1.66. The Balaban J connectivity index is 3.52. The Morgan fingerprint density at radius 1 is 1.27 bits per heavy atom. The van der Waals surface area contributed by atoms with Crippen molar-refractivity contribution in [2.45, 2.75) is 40.7 Å². The van der Waals surface area contributed by atoms with E-state index in [-0.39, 0.29) is 0 Å². The maximum atomic E-state index is 9.51. The summed E-state index contributed by atoms with van der Waals surface area (Å²) in [5, 5.41) is 12.8. The van der Waals surface area contributed by atoms with Gasteiger partial charge in [-0.2, -0.15) is 0 Å². The van der Waals surface area contributed by atoms with Crippen LogP contribution in [-0.2, 0) is 4.74 Å². The monoisotopic (exact) mass is 217 g/mol. The van der Waals surface area contributed by atoms with Gasteiger partial charge in [-0.1, -0.05) is 27.7 Å². The third-order valence-electron chi connectivity index (χ3n) is 2.82. The Labute approximate surface area is 94.2 Å². The molecule has 0 amide bonds. The van der Waals surface area contributed by atoms with Gasteiger partial charge >= 0.3 is 0 Å². The molecule has 3 heteroatoms. The highest BCUT2D eigenvalue weighted by Crippen LogP contribution is 2.24. The highest BCUT2D eigenvalue weighted by molar-refractivity contribution is 4.72. The molecule has 0 radical (unpaired) electrons. The summed E-state index contributed by atoms with van der Waals surface area (Å²) in [7, 11) is 0. The van der Waals surface area contributed by atoms with E-state index in [9.17, 15) is 5.11 Å². The molecule has 0 aliphatic carbocycles. The van der Waals surface area contributed by atoms with Crippen LogP contribution in [0, 0.1) is 11.3 Å². The van der Waals surface area contributed by atoms with Gasteiger partial charge in [0.1, 0.15) is 0 Å². The van der Waals surface area contributed by atoms with Gasteiger partial charge in [0.25, 0.3) is 0 Å². The van der Waals surface area contributed by atoms with Crippen molar-refractivity contribution >= 4 is 0 Å². The SMILES string of the molecule is CCOCC(O)CNCC(C)C(C)(C)C. The molecule has 2 atom stereocenters. The largest absolute Gasteiger partial charge is 0.389 e. The quantitative estimate of drug-likeness (QED) is 0.681. The molecule has 0 saturated heterocycles. The zero-order valence-electron chi connectivity index (χ0n) is 10.8. The van der Waals surface area contributed by atoms with E-state index in [2.05, 4.69) is 33.0 Å². The van der Waals surface area contributed by atoms with Gasteiger partial charge in [-0.25, -0.2) is 0 Å². The van der Waals surface area contributed by atoms with Gasteiger partial charge in [-0.15, -0.1) is 0 Å². The lowest BCUT2D eigenvalue weighted by Gasteiger charge is -2.27. The Morgan fingerprint density at radius 2 is 1.87 bits per heavy atom. The Hall–Kier alpha value is -0.120. The predicted molar refractivity (Wildman–Crippen MR) is 64.0 cm³/mol. The summed E-state index contributed by atoms with van der Waals surface area (Å²) >= 11 is 0. The topological polar surface area (TPSA) is 41.5 Å². The molecular weight excluding hydrogens is 190 g/mol. The Morgan fingerprint density at radius 3 is 2.33 bits per heavy atom. The van der Waals surface area contributed by atoms with Crippen molar-refractivity contribution in [3.05, 3.63) is 0 Å². The van der Waals surface area contributed by atoms with Gasteiger partial charge in [0.05, 0.1) is 12.7 Å². The first-order valence-corrected chi connectivity index (χ1v) is 5.84. The zero-order valence-corrected chi connectivity index (χ0v) is 10.8. The molecule has 15 heavy (non-hydrogen) atoms. The van der Waals surface area contributed by atoms with Crippen LogP contribution in [0.5, 0.6) is 0 Å². The molecule has 0 spiro atoms. The first kappa shape index (κ1) is 14.9. The maximum Gasteiger partial charge on any atom is 0.0897 e. The first-order valence-electron chi connectivity index (χ1n) is 5.84. The minimum atomic E-state index is -0.392. The lowest BCUT2D eigenvalue weighted by atomic mass is 9.82. The normalized spacial score (nSPS) is 16.4. The minimum Gasteiger partial charge on any atom is -0.389 e. The van der Waals surface area contributed by atoms with Crippen LogP contribution in [0.2, 0.25) is 0 Å². The number of rotatable bonds is 7. The smallest absolute Gasteiger partial charge is 0.0897 e. The van der Waals surface area contributed by atoms with Gasteiger partial charge in [-0.05, 0) is 24.8 Å². The van der Waals surface area contributed by atoms with Gasteiger partial charge < -0.3 is 15.2 Å². The van der Waals surface area contributed by atoms with Crippen LogP contribution in [0.25, 0.3) is 0 Å². The number of hydrogen-bond acceptors (Lipinski definition) is 3. The van der Waals surface area contributed by atoms with Gasteiger partial charge in [0.2, 0.25) is 0 Å². The second kappa shape index (κ2) is 7.20. The van der Waals surface area contributed by atoms with E-state index in [0.29, 0.717) is 31.1 Å². The van der Waals surface area contributed by atoms with E-state index >= 15 is 0 Å². The van der Waals surface area contributed by atoms with Gasteiger partial charge in [0.15, 0.2) is 0 Å². The van der Waals surface area contributed by atoms with E-state index in [0.717, 1.165) is 6.54 Å². The fourth-order valence-electron chi connectivity index (χ4n) is 1.09. The van der Waals surface area contributed by atoms with Crippen molar-refractivity contribution in [3.63, 3.8) is 0 Å². The summed E-state index contributed by atoms with van der Waals surface area (Å²) < 4.78 is 5.13. The van der Waals surface area contributed by atoms with Crippen molar-refractivity contribution < 1.29 is 9.84 Å². The highest BCUT2D eigenvalue weighted by Gasteiger charge is 2.19. The van der Waals surface area contributed by atoms with Crippen molar-refractivity contribution in [2.75, 3.05) is 26.3 Å². The second-order valence-electron chi connectivity index (χ2n) is 5.24. The van der Waals surface area contributed by atoms with Gasteiger partial charge in [0, 0.05) is 13.2 Å². The number of hydrogen-bond donors (Lipinski definition) is 2. The van der Waals surface area contributed by atoms with Crippen molar-refractivity contribution in [1.82, 2.24) is 5.32 Å². The molecule has 0 aromatic heterocycles. The van der Waals surface area contributed by atoms with Crippen LogP contribution in [-0.4, -0.2) is 37.5 Å². The standard InChI is InChI=1S/C12H27NO2/c1-6-15-9-11(14)8-13-7-10(2)12(3,4)5/h10-11,13-14H,6-9H2,1-5H3. The molecule has 0 aliphatic heterocycles. The first-order chi connectivity index (χ1) is 6.88. The van der Waals surface area contributed by atoms with Crippen LogP contribution in [0.3, 0.4) is 0 Å². The molecule has 0 aromatic rings. The van der Waals surface area contributed by atoms with Crippen LogP contribution in [0.4, 0.5) is 0 Å². The molecule has 0 fully saturated rings. The fourth-order valence-corrected chi connectivity index (χ4v) is 1.09. The summed E-state index contributed by atoms with van der Waals surface area (Å²) in [6, 6.07) is 0. The molecule has 2 N–H and O–H groups in total. The lowest BCUT2D eigenvalue weighted by molar-refractivity contribution is 0.0417. The van der Waals surface area contributed by atoms with E-state index < -0.39 is 6.10 Å². The zero-order chi connectivity index (χ0) is 11.9. The Kier molecular flexibility index (Phi) is 7.14. The summed E-state index contributed by atoms with van der Waals surface area (Å²) in [6.07, 6.45) is -0.392. The van der Waals surface area contributed by atoms with Crippen molar-refractivity contribution in [3.8, 4) is 0 Å². The van der Waals surface area contributed by atoms with Crippen molar-refractivity contribution in [1.29, 1.82) is 0 Å². The van der Waals surface area contributed by atoms with Crippen LogP contribution in [0.1, 0.15) is 34.6 Å². The number of ether oxygens (including phenoxy) is 1. The fraction of sp³-hybridized carbons (Fsp3) is 1.00. The third-order valence-corrected chi connectivity index (χ3v) is 2.82. The minimum absolute atomic E-state index is 0.317. The molecule has 0 aromatic carbocycles. The summed E-state index contributed by atoms with van der Waals surface area (Å²) in [4.78, 5) is 0. The van der Waals surface area contributed by atoms with E-state index in [4.69, 9.17) is 4.74 Å². The molecular formula is C12H27NO2. The molecule has 0 rings (SSSR count). The third kappa shape index (κ3) is 7.77. The molecule has 0 aliphatic rings. The number of nitrogens with one attached hydrogen (secondary N) is 1. The molecule has 2 unspecified atom stereocenters. The molecule has 0 saturated carbocycles. The highest BCUT2D eigenvalue weighted by atomic mass is 16.5. The molecule has 0 bridgehead atoms. The average molecular weight is 217 g/mol. The second-order valence-corrected chi connectivity index (χ2v) is 5.24. The Bertz CT molecular complexity index is 154.